The maximum atomic E-state index is 12.8. The first-order valence-corrected chi connectivity index (χ1v) is 9.54. The number of hydrogen-bond acceptors (Lipinski definition) is 5. The Kier molecular flexibility index (Phi) is 5.63. The highest BCUT2D eigenvalue weighted by molar-refractivity contribution is 7.99. The van der Waals surface area contributed by atoms with E-state index in [9.17, 15) is 4.79 Å². The molecule has 0 saturated carbocycles. The van der Waals surface area contributed by atoms with Crippen LogP contribution in [0.1, 0.15) is 44.3 Å². The number of likely N-dealkylation sites (tertiary alicyclic amines) is 1. The highest BCUT2D eigenvalue weighted by Crippen LogP contribution is 2.34. The van der Waals surface area contributed by atoms with Crippen LogP contribution in [0.5, 0.6) is 5.75 Å². The molecule has 1 aliphatic heterocycles. The first-order chi connectivity index (χ1) is 12.1. The average molecular weight is 360 g/mol. The van der Waals surface area contributed by atoms with Crippen molar-refractivity contribution < 1.29 is 9.53 Å². The number of hydrogen-bond donors (Lipinski definition) is 0. The Morgan fingerprint density at radius 2 is 2.28 bits per heavy atom. The summed E-state index contributed by atoms with van der Waals surface area (Å²) >= 11 is 1.46. The van der Waals surface area contributed by atoms with Crippen LogP contribution in [0.15, 0.2) is 35.7 Å². The molecule has 0 bridgehead atoms. The first-order valence-electron chi connectivity index (χ1n) is 8.56. The number of amides is 1. The second-order valence-corrected chi connectivity index (χ2v) is 7.37. The standard InChI is InChI=1S/C18H24N4O2S/c1-13(2)22-12-19-20-18(22)25-11-17(23)21-9-5-8-16(21)14-6-4-7-15(10-14)24-3/h4,6-7,10,12-13,16H,5,8-9,11H2,1-3H3. The normalized spacial score (nSPS) is 17.3. The van der Waals surface area contributed by atoms with Crippen LogP contribution in [0.3, 0.4) is 0 Å². The van der Waals surface area contributed by atoms with Crippen LogP contribution in [0.2, 0.25) is 0 Å². The Balaban J connectivity index is 1.67. The number of carbonyl (C=O) groups excluding carboxylic acids is 1. The molecule has 2 heterocycles. The van der Waals surface area contributed by atoms with Gasteiger partial charge in [0.05, 0.1) is 18.9 Å². The number of carbonyl (C=O) groups is 1. The van der Waals surface area contributed by atoms with Gasteiger partial charge in [0.1, 0.15) is 12.1 Å². The molecule has 2 aromatic rings. The van der Waals surface area contributed by atoms with Gasteiger partial charge in [0.25, 0.3) is 0 Å². The van der Waals surface area contributed by atoms with Crippen molar-refractivity contribution in [3.8, 4) is 5.75 Å². The quantitative estimate of drug-likeness (QED) is 0.740. The molecule has 1 saturated heterocycles. The van der Waals surface area contributed by atoms with E-state index in [0.29, 0.717) is 5.75 Å². The molecule has 1 unspecified atom stereocenters. The van der Waals surface area contributed by atoms with Crippen LogP contribution in [0.25, 0.3) is 0 Å². The van der Waals surface area contributed by atoms with Crippen molar-refractivity contribution in [1.29, 1.82) is 0 Å². The van der Waals surface area contributed by atoms with Gasteiger partial charge in [-0.15, -0.1) is 10.2 Å². The molecule has 1 aliphatic rings. The molecular formula is C18H24N4O2S. The number of rotatable bonds is 6. The van der Waals surface area contributed by atoms with Crippen molar-refractivity contribution in [3.63, 3.8) is 0 Å². The maximum absolute atomic E-state index is 12.8. The van der Waals surface area contributed by atoms with Gasteiger partial charge in [-0.2, -0.15) is 0 Å². The van der Waals surface area contributed by atoms with Crippen LogP contribution in [0.4, 0.5) is 0 Å². The second-order valence-electron chi connectivity index (χ2n) is 6.42. The predicted molar refractivity (Wildman–Crippen MR) is 97.8 cm³/mol. The summed E-state index contributed by atoms with van der Waals surface area (Å²) in [5.74, 6) is 1.36. The lowest BCUT2D eigenvalue weighted by atomic mass is 10.0. The van der Waals surface area contributed by atoms with Crippen LogP contribution >= 0.6 is 11.8 Å². The molecule has 0 spiro atoms. The number of aromatic nitrogens is 3. The number of nitrogens with zero attached hydrogens (tertiary/aromatic N) is 4. The molecule has 25 heavy (non-hydrogen) atoms. The van der Waals surface area contributed by atoms with Gasteiger partial charge in [-0.1, -0.05) is 23.9 Å². The van der Waals surface area contributed by atoms with Gasteiger partial charge in [-0.3, -0.25) is 4.79 Å². The second kappa shape index (κ2) is 7.91. The summed E-state index contributed by atoms with van der Waals surface area (Å²) in [6, 6.07) is 8.42. The fraction of sp³-hybridized carbons (Fsp3) is 0.500. The molecule has 3 rings (SSSR count). The number of benzene rings is 1. The van der Waals surface area contributed by atoms with Crippen LogP contribution in [-0.2, 0) is 4.79 Å². The van der Waals surface area contributed by atoms with E-state index in [1.165, 1.54) is 11.8 Å². The molecule has 1 atom stereocenters. The fourth-order valence-corrected chi connectivity index (χ4v) is 4.09. The monoisotopic (exact) mass is 360 g/mol. The van der Waals surface area contributed by atoms with Gasteiger partial charge >= 0.3 is 0 Å². The van der Waals surface area contributed by atoms with E-state index in [2.05, 4.69) is 30.1 Å². The number of methoxy groups -OCH3 is 1. The Morgan fingerprint density at radius 1 is 1.44 bits per heavy atom. The zero-order valence-electron chi connectivity index (χ0n) is 14.9. The number of thioether (sulfide) groups is 1. The van der Waals surface area contributed by atoms with E-state index in [4.69, 9.17) is 4.74 Å². The molecule has 1 fully saturated rings. The van der Waals surface area contributed by atoms with Crippen LogP contribution in [-0.4, -0.2) is 45.0 Å². The lowest BCUT2D eigenvalue weighted by molar-refractivity contribution is -0.129. The number of ether oxygens (including phenoxy) is 1. The molecule has 1 aromatic heterocycles. The Hall–Kier alpha value is -2.02. The molecule has 0 aliphatic carbocycles. The summed E-state index contributed by atoms with van der Waals surface area (Å²) in [6.45, 7) is 4.96. The fourth-order valence-electron chi connectivity index (χ4n) is 3.16. The Bertz CT molecular complexity index is 731. The lowest BCUT2D eigenvalue weighted by Gasteiger charge is -2.25. The smallest absolute Gasteiger partial charge is 0.233 e. The maximum Gasteiger partial charge on any atom is 0.233 e. The minimum absolute atomic E-state index is 0.131. The van der Waals surface area contributed by atoms with Crippen molar-refractivity contribution in [3.05, 3.63) is 36.2 Å². The van der Waals surface area contributed by atoms with E-state index >= 15 is 0 Å². The van der Waals surface area contributed by atoms with E-state index in [1.54, 1.807) is 13.4 Å². The molecule has 6 nitrogen and oxygen atoms in total. The minimum atomic E-state index is 0.131. The van der Waals surface area contributed by atoms with E-state index in [1.807, 2.05) is 27.7 Å². The summed E-state index contributed by atoms with van der Waals surface area (Å²) in [6.07, 6.45) is 3.73. The van der Waals surface area contributed by atoms with Crippen molar-refractivity contribution in [1.82, 2.24) is 19.7 Å². The van der Waals surface area contributed by atoms with Crippen molar-refractivity contribution in [2.45, 2.75) is 43.9 Å². The third-order valence-corrected chi connectivity index (χ3v) is 5.41. The largest absolute Gasteiger partial charge is 0.497 e. The highest BCUT2D eigenvalue weighted by Gasteiger charge is 2.30. The summed E-state index contributed by atoms with van der Waals surface area (Å²) in [5, 5.41) is 8.87. The lowest BCUT2D eigenvalue weighted by Crippen LogP contribution is -2.32. The summed E-state index contributed by atoms with van der Waals surface area (Å²) in [7, 11) is 1.66. The van der Waals surface area contributed by atoms with E-state index in [-0.39, 0.29) is 18.0 Å². The van der Waals surface area contributed by atoms with Gasteiger partial charge in [0.15, 0.2) is 5.16 Å². The van der Waals surface area contributed by atoms with Gasteiger partial charge in [-0.05, 0) is 44.4 Å². The Morgan fingerprint density at radius 3 is 3.04 bits per heavy atom. The molecule has 134 valence electrons. The van der Waals surface area contributed by atoms with Gasteiger partial charge < -0.3 is 14.2 Å². The zero-order chi connectivity index (χ0) is 17.8. The molecular weight excluding hydrogens is 336 g/mol. The molecule has 1 amide bonds. The van der Waals surface area contributed by atoms with Crippen molar-refractivity contribution in [2.24, 2.45) is 0 Å². The van der Waals surface area contributed by atoms with Crippen molar-refractivity contribution in [2.75, 3.05) is 19.4 Å². The highest BCUT2D eigenvalue weighted by atomic mass is 32.2. The SMILES string of the molecule is COc1cccc(C2CCCN2C(=O)CSc2nncn2C(C)C)c1. The van der Waals surface area contributed by atoms with Gasteiger partial charge in [0.2, 0.25) is 5.91 Å². The third-order valence-electron chi connectivity index (χ3n) is 4.47. The van der Waals surface area contributed by atoms with E-state index in [0.717, 1.165) is 35.9 Å². The predicted octanol–water partition coefficient (Wildman–Crippen LogP) is 3.32. The topological polar surface area (TPSA) is 60.2 Å². The van der Waals surface area contributed by atoms with Gasteiger partial charge in [-0.25, -0.2) is 0 Å². The van der Waals surface area contributed by atoms with E-state index < -0.39 is 0 Å². The Labute approximate surface area is 152 Å². The summed E-state index contributed by atoms with van der Waals surface area (Å²) in [5.41, 5.74) is 1.14. The molecule has 0 N–H and O–H groups in total. The first kappa shape index (κ1) is 17.8. The molecule has 7 heteroatoms. The summed E-state index contributed by atoms with van der Waals surface area (Å²) < 4.78 is 7.30. The van der Waals surface area contributed by atoms with Crippen LogP contribution < -0.4 is 4.74 Å². The average Bonchev–Trinajstić information content (AvgIpc) is 3.28. The minimum Gasteiger partial charge on any atom is -0.497 e. The van der Waals surface area contributed by atoms with Gasteiger partial charge in [0, 0.05) is 12.6 Å². The van der Waals surface area contributed by atoms with Crippen LogP contribution in [0, 0.1) is 0 Å². The molecule has 0 radical (unpaired) electrons. The zero-order valence-corrected chi connectivity index (χ0v) is 15.7. The summed E-state index contributed by atoms with van der Waals surface area (Å²) in [4.78, 5) is 14.8. The third kappa shape index (κ3) is 3.98. The van der Waals surface area contributed by atoms with Crippen molar-refractivity contribution >= 4 is 17.7 Å². The molecule has 1 aromatic carbocycles.